The third-order valence-corrected chi connectivity index (χ3v) is 5.69. The van der Waals surface area contributed by atoms with Crippen LogP contribution in [0.4, 0.5) is 0 Å². The molecular formula is C22H22N6O2. The van der Waals surface area contributed by atoms with E-state index in [1.807, 2.05) is 30.3 Å². The highest BCUT2D eigenvalue weighted by Gasteiger charge is 2.33. The monoisotopic (exact) mass is 402 g/mol. The van der Waals surface area contributed by atoms with Gasteiger partial charge in [0.2, 0.25) is 0 Å². The molecular weight excluding hydrogens is 380 g/mol. The van der Waals surface area contributed by atoms with E-state index >= 15 is 0 Å². The van der Waals surface area contributed by atoms with Crippen molar-refractivity contribution in [1.29, 1.82) is 0 Å². The van der Waals surface area contributed by atoms with Gasteiger partial charge >= 0.3 is 0 Å². The zero-order chi connectivity index (χ0) is 20.7. The summed E-state index contributed by atoms with van der Waals surface area (Å²) in [5, 5.41) is 24.4. The van der Waals surface area contributed by atoms with Gasteiger partial charge < -0.3 is 15.9 Å². The van der Waals surface area contributed by atoms with Gasteiger partial charge in [0, 0.05) is 10.9 Å². The Hall–Kier alpha value is -3.20. The fourth-order valence-electron chi connectivity index (χ4n) is 3.88. The number of fused-ring (bicyclic) bond motifs is 1. The van der Waals surface area contributed by atoms with Crippen LogP contribution in [0.5, 0.6) is 0 Å². The van der Waals surface area contributed by atoms with Crippen LogP contribution in [0.1, 0.15) is 30.3 Å². The third kappa shape index (κ3) is 3.35. The molecule has 1 aliphatic rings. The van der Waals surface area contributed by atoms with E-state index < -0.39 is 0 Å². The summed E-state index contributed by atoms with van der Waals surface area (Å²) >= 11 is 0. The first-order valence-corrected chi connectivity index (χ1v) is 9.93. The minimum atomic E-state index is -0.252. The number of aromatic nitrogens is 5. The molecule has 4 aromatic rings. The summed E-state index contributed by atoms with van der Waals surface area (Å²) in [6.07, 6.45) is 6.37. The van der Waals surface area contributed by atoms with Gasteiger partial charge in [0.25, 0.3) is 0 Å². The van der Waals surface area contributed by atoms with Crippen LogP contribution in [-0.4, -0.2) is 41.0 Å². The summed E-state index contributed by atoms with van der Waals surface area (Å²) in [6.45, 7) is -0.126. The summed E-state index contributed by atoms with van der Waals surface area (Å²) in [5.41, 5.74) is 10.2. The summed E-state index contributed by atoms with van der Waals surface area (Å²) in [7, 11) is 0. The van der Waals surface area contributed by atoms with Crippen LogP contribution in [0.3, 0.4) is 0 Å². The van der Waals surface area contributed by atoms with E-state index in [9.17, 15) is 10.2 Å². The van der Waals surface area contributed by atoms with E-state index in [2.05, 4.69) is 15.1 Å². The lowest BCUT2D eigenvalue weighted by molar-refractivity contribution is 0.0301. The number of hydrogen-bond acceptors (Lipinski definition) is 7. The molecule has 30 heavy (non-hydrogen) atoms. The molecule has 3 aromatic heterocycles. The van der Waals surface area contributed by atoms with Gasteiger partial charge in [0.1, 0.15) is 0 Å². The molecule has 0 amide bonds. The second kappa shape index (κ2) is 7.56. The SMILES string of the molecule is N[C@H](c1cncc(-c2ccc3cnn(-c4cccc(CO)n4)c3c2)n1)C1CC(O)C1. The fraction of sp³-hybridized carbons (Fsp3) is 0.273. The standard InChI is InChI=1S/C22H22N6O2/c23-22(15-6-17(30)7-15)19-11-24-10-18(27-19)13-4-5-14-9-25-28(20(14)8-13)21-3-1-2-16(12-29)26-21/h1-5,8-11,15,17,22,29-30H,6-7,12,23H2/t15?,17?,22-/m0/s1. The zero-order valence-electron chi connectivity index (χ0n) is 16.3. The minimum Gasteiger partial charge on any atom is -0.393 e. The number of aliphatic hydroxyl groups is 2. The van der Waals surface area contributed by atoms with Gasteiger partial charge in [-0.1, -0.05) is 18.2 Å². The molecule has 0 saturated heterocycles. The molecule has 0 spiro atoms. The summed E-state index contributed by atoms with van der Waals surface area (Å²) in [5.74, 6) is 0.873. The topological polar surface area (TPSA) is 123 Å². The molecule has 3 heterocycles. The fourth-order valence-corrected chi connectivity index (χ4v) is 3.88. The Bertz CT molecular complexity index is 1200. The van der Waals surface area contributed by atoms with Crippen molar-refractivity contribution in [3.8, 4) is 17.1 Å². The number of hydrogen-bond donors (Lipinski definition) is 3. The second-order valence-corrected chi connectivity index (χ2v) is 7.72. The van der Waals surface area contributed by atoms with Gasteiger partial charge in [-0.3, -0.25) is 4.98 Å². The van der Waals surface area contributed by atoms with Gasteiger partial charge in [-0.25, -0.2) is 14.6 Å². The molecule has 5 rings (SSSR count). The first-order chi connectivity index (χ1) is 14.6. The van der Waals surface area contributed by atoms with Gasteiger partial charge in [-0.15, -0.1) is 0 Å². The highest BCUT2D eigenvalue weighted by atomic mass is 16.3. The Balaban J connectivity index is 1.52. The minimum absolute atomic E-state index is 0.126. The molecule has 1 aromatic carbocycles. The van der Waals surface area contributed by atoms with E-state index in [-0.39, 0.29) is 24.7 Å². The van der Waals surface area contributed by atoms with E-state index in [1.165, 1.54) is 0 Å². The second-order valence-electron chi connectivity index (χ2n) is 7.72. The molecule has 0 aliphatic heterocycles. The Morgan fingerprint density at radius 1 is 1.10 bits per heavy atom. The van der Waals surface area contributed by atoms with Crippen molar-refractivity contribution in [1.82, 2.24) is 24.7 Å². The Morgan fingerprint density at radius 2 is 1.97 bits per heavy atom. The first kappa shape index (κ1) is 18.8. The van der Waals surface area contributed by atoms with Crippen molar-refractivity contribution >= 4 is 10.9 Å². The quantitative estimate of drug-likeness (QED) is 0.467. The van der Waals surface area contributed by atoms with Gasteiger partial charge in [-0.05, 0) is 37.0 Å². The number of aliphatic hydroxyl groups excluding tert-OH is 2. The van der Waals surface area contributed by atoms with Crippen LogP contribution in [0, 0.1) is 5.92 Å². The molecule has 0 bridgehead atoms. The van der Waals surface area contributed by atoms with Crippen molar-refractivity contribution in [3.05, 3.63) is 66.4 Å². The molecule has 1 saturated carbocycles. The predicted octanol–water partition coefficient (Wildman–Crippen LogP) is 2.14. The third-order valence-electron chi connectivity index (χ3n) is 5.69. The molecule has 0 unspecified atom stereocenters. The van der Waals surface area contributed by atoms with Crippen LogP contribution < -0.4 is 5.73 Å². The maximum atomic E-state index is 9.56. The summed E-state index contributed by atoms with van der Waals surface area (Å²) < 4.78 is 1.75. The van der Waals surface area contributed by atoms with Crippen molar-refractivity contribution in [2.45, 2.75) is 31.6 Å². The molecule has 8 nitrogen and oxygen atoms in total. The van der Waals surface area contributed by atoms with Crippen LogP contribution >= 0.6 is 0 Å². The number of nitrogens with zero attached hydrogens (tertiary/aromatic N) is 5. The van der Waals surface area contributed by atoms with E-state index in [1.54, 1.807) is 29.3 Å². The van der Waals surface area contributed by atoms with Gasteiger partial charge in [-0.2, -0.15) is 5.10 Å². The molecule has 4 N–H and O–H groups in total. The van der Waals surface area contributed by atoms with E-state index in [0.717, 1.165) is 27.9 Å². The van der Waals surface area contributed by atoms with Crippen LogP contribution in [0.15, 0.2) is 55.0 Å². The Labute approximate surface area is 173 Å². The molecule has 152 valence electrons. The molecule has 0 radical (unpaired) electrons. The molecule has 8 heteroatoms. The lowest BCUT2D eigenvalue weighted by atomic mass is 9.76. The Morgan fingerprint density at radius 3 is 2.77 bits per heavy atom. The Kier molecular flexibility index (Phi) is 4.74. The lowest BCUT2D eigenvalue weighted by Gasteiger charge is -2.35. The molecule has 1 aliphatic carbocycles. The first-order valence-electron chi connectivity index (χ1n) is 9.93. The summed E-state index contributed by atoms with van der Waals surface area (Å²) in [6, 6.07) is 11.2. The predicted molar refractivity (Wildman–Crippen MR) is 111 cm³/mol. The highest BCUT2D eigenvalue weighted by Crippen LogP contribution is 2.36. The maximum absolute atomic E-state index is 9.56. The normalized spacial score (nSPS) is 19.6. The van der Waals surface area contributed by atoms with Crippen LogP contribution in [-0.2, 0) is 6.61 Å². The largest absolute Gasteiger partial charge is 0.393 e. The highest BCUT2D eigenvalue weighted by molar-refractivity contribution is 5.84. The number of pyridine rings is 1. The van der Waals surface area contributed by atoms with Gasteiger partial charge in [0.15, 0.2) is 5.82 Å². The van der Waals surface area contributed by atoms with Crippen LogP contribution in [0.2, 0.25) is 0 Å². The zero-order valence-corrected chi connectivity index (χ0v) is 16.3. The van der Waals surface area contributed by atoms with E-state index in [0.29, 0.717) is 24.4 Å². The van der Waals surface area contributed by atoms with Crippen molar-refractivity contribution in [3.63, 3.8) is 0 Å². The smallest absolute Gasteiger partial charge is 0.154 e. The van der Waals surface area contributed by atoms with Crippen molar-refractivity contribution in [2.24, 2.45) is 11.7 Å². The average molecular weight is 402 g/mol. The van der Waals surface area contributed by atoms with E-state index in [4.69, 9.17) is 10.7 Å². The average Bonchev–Trinajstić information content (AvgIpc) is 3.20. The van der Waals surface area contributed by atoms with Crippen molar-refractivity contribution in [2.75, 3.05) is 0 Å². The summed E-state index contributed by atoms with van der Waals surface area (Å²) in [4.78, 5) is 13.5. The lowest BCUT2D eigenvalue weighted by Crippen LogP contribution is -2.36. The number of nitrogens with two attached hydrogens (primary N) is 1. The maximum Gasteiger partial charge on any atom is 0.154 e. The molecule has 1 fully saturated rings. The van der Waals surface area contributed by atoms with Crippen LogP contribution in [0.25, 0.3) is 28.0 Å². The molecule has 1 atom stereocenters. The van der Waals surface area contributed by atoms with Gasteiger partial charge in [0.05, 0.1) is 59.9 Å². The number of benzene rings is 1. The number of rotatable bonds is 5. The van der Waals surface area contributed by atoms with Crippen molar-refractivity contribution < 1.29 is 10.2 Å².